The molecule has 4 bridgehead atoms. The van der Waals surface area contributed by atoms with Crippen LogP contribution in [0.5, 0.6) is 0 Å². The van der Waals surface area contributed by atoms with Gasteiger partial charge in [0.1, 0.15) is 13.9 Å². The highest BCUT2D eigenvalue weighted by atomic mass is 33.2. The molecule has 2 atom stereocenters. The smallest absolute Gasteiger partial charge is 0.124 e. The van der Waals surface area contributed by atoms with Crippen molar-refractivity contribution in [3.8, 4) is 0 Å². The molecule has 0 radical (unpaired) electrons. The lowest BCUT2D eigenvalue weighted by molar-refractivity contribution is -0.0731. The van der Waals surface area contributed by atoms with Gasteiger partial charge in [0.15, 0.2) is 0 Å². The van der Waals surface area contributed by atoms with Crippen molar-refractivity contribution < 1.29 is 4.21 Å². The topological polar surface area (TPSA) is 17.1 Å². The first kappa shape index (κ1) is 12.3. The maximum Gasteiger partial charge on any atom is 0.124 e. The van der Waals surface area contributed by atoms with Gasteiger partial charge in [-0.3, -0.25) is 0 Å². The third-order valence-electron chi connectivity index (χ3n) is 6.13. The van der Waals surface area contributed by atoms with Crippen LogP contribution in [0, 0.1) is 28.6 Å². The zero-order chi connectivity index (χ0) is 12.8. The van der Waals surface area contributed by atoms with Gasteiger partial charge in [0.05, 0.1) is 0 Å². The highest BCUT2D eigenvalue weighted by Gasteiger charge is 2.75. The minimum Gasteiger partial charge on any atom is -0.246 e. The Hall–Kier alpha value is 0.500. The molecule has 0 aromatic rings. The molecule has 1 nitrogen and oxygen atoms in total. The molecule has 5 fully saturated rings. The van der Waals surface area contributed by atoms with Crippen LogP contribution < -0.4 is 0 Å². The molecule has 1 aliphatic heterocycles. The molecule has 0 spiro atoms. The fraction of sp³-hybridized carbons (Fsp3) is 1.00. The molecule has 5 rings (SSSR count). The Morgan fingerprint density at radius 1 is 1.00 bits per heavy atom. The van der Waals surface area contributed by atoms with Crippen molar-refractivity contribution in [1.29, 1.82) is 0 Å². The molecule has 1 heterocycles. The average Bonchev–Trinajstić information content (AvgIpc) is 2.89. The molecular weight excluding hydrogens is 260 g/mol. The van der Waals surface area contributed by atoms with E-state index in [0.29, 0.717) is 5.41 Å². The summed E-state index contributed by atoms with van der Waals surface area (Å²) in [6.45, 7) is 6.97. The third-order valence-corrected chi connectivity index (χ3v) is 10.9. The van der Waals surface area contributed by atoms with E-state index in [2.05, 4.69) is 20.8 Å². The summed E-state index contributed by atoms with van der Waals surface area (Å²) in [6, 6.07) is 0. The van der Waals surface area contributed by atoms with Gasteiger partial charge < -0.3 is 0 Å². The molecule has 0 aromatic heterocycles. The van der Waals surface area contributed by atoms with E-state index in [4.69, 9.17) is 0 Å². The van der Waals surface area contributed by atoms with Crippen LogP contribution in [0.25, 0.3) is 0 Å². The predicted octanol–water partition coefficient (Wildman–Crippen LogP) is 4.36. The van der Waals surface area contributed by atoms with E-state index in [1.807, 2.05) is 0 Å². The number of rotatable bonds is 1. The van der Waals surface area contributed by atoms with Crippen molar-refractivity contribution in [2.75, 3.05) is 0 Å². The van der Waals surface area contributed by atoms with Gasteiger partial charge in [0.25, 0.3) is 0 Å². The Morgan fingerprint density at radius 2 is 1.39 bits per heavy atom. The minimum absolute atomic E-state index is 0.0933. The van der Waals surface area contributed by atoms with Gasteiger partial charge in [0, 0.05) is 0 Å². The molecule has 0 aromatic carbocycles. The van der Waals surface area contributed by atoms with Crippen molar-refractivity contribution in [3.05, 3.63) is 0 Å². The summed E-state index contributed by atoms with van der Waals surface area (Å²) >= 11 is 0. The van der Waals surface area contributed by atoms with Crippen LogP contribution in [0.3, 0.4) is 0 Å². The van der Waals surface area contributed by atoms with Crippen molar-refractivity contribution in [1.82, 2.24) is 0 Å². The van der Waals surface area contributed by atoms with Crippen LogP contribution in [0.15, 0.2) is 0 Å². The van der Waals surface area contributed by atoms with E-state index in [-0.39, 0.29) is 9.49 Å². The first-order valence-corrected chi connectivity index (χ1v) is 9.96. The standard InChI is InChI=1S/C15H24OS2/c1-13(2,3)15(17-18(15)16)14-7-10-4-11(8-14)6-12(5-10)9-14/h10-12H,4-9H2,1-3H3/t10?,11?,12?,14?,15-,18?/m1/s1. The summed E-state index contributed by atoms with van der Waals surface area (Å²) in [5, 5.41) is 0. The molecule has 0 amide bonds. The van der Waals surface area contributed by atoms with Gasteiger partial charge in [-0.15, -0.1) is 0 Å². The third kappa shape index (κ3) is 1.33. The Bertz CT molecular complexity index is 387. The van der Waals surface area contributed by atoms with Crippen LogP contribution in [-0.2, 0) is 9.83 Å². The first-order chi connectivity index (χ1) is 8.36. The van der Waals surface area contributed by atoms with Crippen molar-refractivity contribution >= 4 is 20.6 Å². The van der Waals surface area contributed by atoms with Gasteiger partial charge >= 0.3 is 0 Å². The van der Waals surface area contributed by atoms with Crippen LogP contribution in [0.2, 0.25) is 0 Å². The zero-order valence-electron chi connectivity index (χ0n) is 11.7. The normalized spacial score (nSPS) is 57.9. The molecule has 18 heavy (non-hydrogen) atoms. The fourth-order valence-electron chi connectivity index (χ4n) is 6.04. The SMILES string of the molecule is CC(C)(C)[C@@]1(C23CC4CC(CC(C4)C2)C3)SS1=O. The predicted molar refractivity (Wildman–Crippen MR) is 78.5 cm³/mol. The highest BCUT2D eigenvalue weighted by Crippen LogP contribution is 2.78. The second-order valence-corrected chi connectivity index (χ2v) is 11.9. The molecule has 5 aliphatic rings. The average molecular weight is 284 g/mol. The maximum absolute atomic E-state index is 12.4. The van der Waals surface area contributed by atoms with E-state index in [0.717, 1.165) is 17.8 Å². The molecular formula is C15H24OS2. The molecule has 102 valence electrons. The molecule has 1 unspecified atom stereocenters. The largest absolute Gasteiger partial charge is 0.246 e. The maximum atomic E-state index is 12.4. The highest BCUT2D eigenvalue weighted by molar-refractivity contribution is 8.86. The summed E-state index contributed by atoms with van der Waals surface area (Å²) in [5.41, 5.74) is 0.615. The van der Waals surface area contributed by atoms with Crippen LogP contribution in [0.1, 0.15) is 59.3 Å². The lowest BCUT2D eigenvalue weighted by Gasteiger charge is -2.60. The van der Waals surface area contributed by atoms with E-state index in [9.17, 15) is 4.21 Å². The van der Waals surface area contributed by atoms with E-state index < -0.39 is 9.83 Å². The summed E-state index contributed by atoms with van der Waals surface area (Å²) in [5.74, 6) is 2.90. The van der Waals surface area contributed by atoms with Gasteiger partial charge in [-0.1, -0.05) is 20.8 Å². The monoisotopic (exact) mass is 284 g/mol. The van der Waals surface area contributed by atoms with Crippen molar-refractivity contribution in [2.45, 2.75) is 63.4 Å². The second-order valence-electron chi connectivity index (χ2n) is 8.38. The summed E-state index contributed by atoms with van der Waals surface area (Å²) < 4.78 is 12.5. The van der Waals surface area contributed by atoms with Crippen LogP contribution >= 0.6 is 10.8 Å². The fourth-order valence-corrected chi connectivity index (χ4v) is 11.3. The Morgan fingerprint density at radius 3 is 1.67 bits per heavy atom. The minimum atomic E-state index is -0.623. The molecule has 4 aliphatic carbocycles. The summed E-state index contributed by atoms with van der Waals surface area (Å²) in [4.78, 5) is 0. The van der Waals surface area contributed by atoms with E-state index in [1.54, 1.807) is 10.8 Å². The molecule has 3 heteroatoms. The van der Waals surface area contributed by atoms with Crippen LogP contribution in [-0.4, -0.2) is 8.29 Å². The van der Waals surface area contributed by atoms with Crippen molar-refractivity contribution in [2.24, 2.45) is 28.6 Å². The number of hydrogen-bond donors (Lipinski definition) is 0. The van der Waals surface area contributed by atoms with Crippen LogP contribution in [0.4, 0.5) is 0 Å². The van der Waals surface area contributed by atoms with E-state index in [1.165, 1.54) is 38.5 Å². The van der Waals surface area contributed by atoms with Gasteiger partial charge in [0.2, 0.25) is 0 Å². The van der Waals surface area contributed by atoms with Gasteiger partial charge in [-0.25, -0.2) is 4.21 Å². The quantitative estimate of drug-likeness (QED) is 0.526. The summed E-state index contributed by atoms with van der Waals surface area (Å²) in [6.07, 6.45) is 8.60. The lowest BCUT2D eigenvalue weighted by Crippen LogP contribution is -2.56. The molecule has 0 N–H and O–H groups in total. The molecule has 1 saturated heterocycles. The zero-order valence-corrected chi connectivity index (χ0v) is 13.3. The van der Waals surface area contributed by atoms with Gasteiger partial charge in [-0.05, 0) is 77.9 Å². The Kier molecular flexibility index (Phi) is 2.31. The van der Waals surface area contributed by atoms with Gasteiger partial charge in [-0.2, -0.15) is 0 Å². The molecule has 4 saturated carbocycles. The first-order valence-electron chi connectivity index (χ1n) is 7.48. The second kappa shape index (κ2) is 3.39. The number of hydrogen-bond acceptors (Lipinski definition) is 2. The summed E-state index contributed by atoms with van der Waals surface area (Å²) in [7, 11) is 1.18. The Balaban J connectivity index is 1.78. The van der Waals surface area contributed by atoms with Crippen molar-refractivity contribution in [3.63, 3.8) is 0 Å². The lowest BCUT2D eigenvalue weighted by atomic mass is 9.47. The van der Waals surface area contributed by atoms with E-state index >= 15 is 0 Å². The Labute approximate surface area is 117 Å².